The quantitative estimate of drug-likeness (QED) is 0.620. The van der Waals surface area contributed by atoms with Gasteiger partial charge in [0, 0.05) is 32.5 Å². The summed E-state index contributed by atoms with van der Waals surface area (Å²) in [5.74, 6) is -2.95. The number of benzene rings is 1. The molecule has 0 saturated carbocycles. The number of carbonyl (C=O) groups is 1. The average Bonchev–Trinajstić information content (AvgIpc) is 3.04. The number of rotatable bonds is 6. The first-order valence-corrected chi connectivity index (χ1v) is 11.1. The van der Waals surface area contributed by atoms with Crippen LogP contribution in [0.15, 0.2) is 52.9 Å². The number of hydrogen-bond donors (Lipinski definition) is 0. The van der Waals surface area contributed by atoms with E-state index in [2.05, 4.69) is 4.90 Å². The van der Waals surface area contributed by atoms with Crippen LogP contribution in [-0.2, 0) is 0 Å². The van der Waals surface area contributed by atoms with Gasteiger partial charge >= 0.3 is 5.69 Å². The molecule has 0 unspecified atom stereocenters. The molecule has 1 aliphatic carbocycles. The first kappa shape index (κ1) is 21.7. The highest BCUT2D eigenvalue weighted by molar-refractivity contribution is 5.89. The van der Waals surface area contributed by atoms with Crippen LogP contribution in [0.3, 0.4) is 0 Å². The van der Waals surface area contributed by atoms with Crippen LogP contribution in [-0.4, -0.2) is 45.5 Å². The van der Waals surface area contributed by atoms with E-state index in [-0.39, 0.29) is 24.1 Å². The number of carbonyl (C=O) groups excluding carboxylic acids is 1. The number of piperidine rings is 1. The van der Waals surface area contributed by atoms with Crippen LogP contribution in [0, 0.1) is 0 Å². The molecular formula is C24H29F2N3O2. The van der Waals surface area contributed by atoms with Crippen LogP contribution in [0.2, 0.25) is 0 Å². The number of imidazole rings is 1. The standard InChI is InChI=1S/C24H29F2N3O2/c1-18(30)28-21-7-2-3-8-22(21)29(23(28)31)20-11-16-27(17-12-20)15-5-4-6-19-9-13-24(25,26)14-10-19/h2-3,7-10,13,20H,4-6,11-12,14-17H2,1H3. The van der Waals surface area contributed by atoms with Crippen molar-refractivity contribution < 1.29 is 13.6 Å². The summed E-state index contributed by atoms with van der Waals surface area (Å²) in [4.78, 5) is 27.4. The Balaban J connectivity index is 1.30. The third kappa shape index (κ3) is 4.71. The largest absolute Gasteiger partial charge is 0.336 e. The topological polar surface area (TPSA) is 47.2 Å². The molecule has 1 saturated heterocycles. The number of para-hydroxylation sites is 2. The molecule has 1 aromatic heterocycles. The van der Waals surface area contributed by atoms with Gasteiger partial charge in [0.1, 0.15) is 0 Å². The molecule has 31 heavy (non-hydrogen) atoms. The smallest absolute Gasteiger partial charge is 0.303 e. The number of halogens is 2. The van der Waals surface area contributed by atoms with Gasteiger partial charge in [0.15, 0.2) is 0 Å². The summed E-state index contributed by atoms with van der Waals surface area (Å²) in [6.45, 7) is 4.21. The highest BCUT2D eigenvalue weighted by atomic mass is 19.3. The maximum atomic E-state index is 13.1. The summed E-state index contributed by atoms with van der Waals surface area (Å²) in [7, 11) is 0. The highest BCUT2D eigenvalue weighted by Gasteiger charge is 2.27. The van der Waals surface area contributed by atoms with Crippen LogP contribution in [0.4, 0.5) is 8.78 Å². The van der Waals surface area contributed by atoms with E-state index in [9.17, 15) is 18.4 Å². The van der Waals surface area contributed by atoms with Gasteiger partial charge in [0.05, 0.1) is 11.0 Å². The summed E-state index contributed by atoms with van der Waals surface area (Å²) < 4.78 is 29.3. The normalized spacial score (nSPS) is 19.6. The van der Waals surface area contributed by atoms with Gasteiger partial charge in [-0.05, 0) is 56.9 Å². The molecular weight excluding hydrogens is 400 g/mol. The monoisotopic (exact) mass is 429 g/mol. The van der Waals surface area contributed by atoms with Crippen molar-refractivity contribution in [2.45, 2.75) is 57.4 Å². The fourth-order valence-corrected chi connectivity index (χ4v) is 4.71. The van der Waals surface area contributed by atoms with E-state index < -0.39 is 5.92 Å². The molecule has 0 N–H and O–H groups in total. The number of allylic oxidation sites excluding steroid dienone is 4. The predicted molar refractivity (Wildman–Crippen MR) is 118 cm³/mol. The molecule has 1 fully saturated rings. The molecule has 0 atom stereocenters. The van der Waals surface area contributed by atoms with Gasteiger partial charge in [-0.3, -0.25) is 9.36 Å². The van der Waals surface area contributed by atoms with E-state index in [4.69, 9.17) is 0 Å². The second kappa shape index (κ2) is 8.91. The van der Waals surface area contributed by atoms with E-state index >= 15 is 0 Å². The highest BCUT2D eigenvalue weighted by Crippen LogP contribution is 2.29. The van der Waals surface area contributed by atoms with Crippen molar-refractivity contribution >= 4 is 16.9 Å². The number of likely N-dealkylation sites (tertiary alicyclic amines) is 1. The maximum absolute atomic E-state index is 13.1. The van der Waals surface area contributed by atoms with Crippen LogP contribution in [0.1, 0.15) is 56.3 Å². The van der Waals surface area contributed by atoms with Crippen molar-refractivity contribution in [2.24, 2.45) is 0 Å². The van der Waals surface area contributed by atoms with Crippen LogP contribution < -0.4 is 5.69 Å². The zero-order valence-corrected chi connectivity index (χ0v) is 17.9. The molecule has 1 aromatic carbocycles. The van der Waals surface area contributed by atoms with Crippen molar-refractivity contribution in [2.75, 3.05) is 19.6 Å². The molecule has 4 rings (SSSR count). The lowest BCUT2D eigenvalue weighted by atomic mass is 9.99. The first-order valence-electron chi connectivity index (χ1n) is 11.1. The Morgan fingerprint density at radius 1 is 1.13 bits per heavy atom. The van der Waals surface area contributed by atoms with E-state index in [1.807, 2.05) is 24.3 Å². The van der Waals surface area contributed by atoms with Gasteiger partial charge in [-0.25, -0.2) is 18.1 Å². The Hall–Kier alpha value is -2.54. The van der Waals surface area contributed by atoms with Crippen molar-refractivity contribution in [1.29, 1.82) is 0 Å². The Morgan fingerprint density at radius 2 is 1.84 bits per heavy atom. The lowest BCUT2D eigenvalue weighted by Crippen LogP contribution is -2.38. The second-order valence-electron chi connectivity index (χ2n) is 8.60. The number of alkyl halides is 2. The fourth-order valence-electron chi connectivity index (χ4n) is 4.71. The van der Waals surface area contributed by atoms with Crippen molar-refractivity contribution in [1.82, 2.24) is 14.0 Å². The van der Waals surface area contributed by atoms with E-state index in [0.29, 0.717) is 5.52 Å². The molecule has 1 aliphatic heterocycles. The molecule has 0 bridgehead atoms. The molecule has 2 aliphatic rings. The zero-order valence-electron chi connectivity index (χ0n) is 17.9. The number of nitrogens with zero attached hydrogens (tertiary/aromatic N) is 3. The minimum absolute atomic E-state index is 0.0912. The second-order valence-corrected chi connectivity index (χ2v) is 8.60. The first-order chi connectivity index (χ1) is 14.9. The van der Waals surface area contributed by atoms with Crippen molar-refractivity contribution in [3.05, 3.63) is 58.6 Å². The van der Waals surface area contributed by atoms with Crippen LogP contribution in [0.25, 0.3) is 11.0 Å². The zero-order chi connectivity index (χ0) is 22.0. The van der Waals surface area contributed by atoms with E-state index in [1.165, 1.54) is 11.5 Å². The lowest BCUT2D eigenvalue weighted by Gasteiger charge is -2.32. The summed E-state index contributed by atoms with van der Waals surface area (Å²) in [5, 5.41) is 0. The summed E-state index contributed by atoms with van der Waals surface area (Å²) >= 11 is 0. The summed E-state index contributed by atoms with van der Waals surface area (Å²) in [6, 6.07) is 7.57. The molecule has 5 nitrogen and oxygen atoms in total. The Labute approximate surface area is 180 Å². The minimum Gasteiger partial charge on any atom is -0.303 e. The summed E-state index contributed by atoms with van der Waals surface area (Å²) in [5.41, 5.74) is 2.25. The van der Waals surface area contributed by atoms with Crippen molar-refractivity contribution in [3.63, 3.8) is 0 Å². The lowest BCUT2D eigenvalue weighted by molar-refractivity contribution is 0.0570. The van der Waals surface area contributed by atoms with Gasteiger partial charge in [-0.15, -0.1) is 0 Å². The fraction of sp³-hybridized carbons (Fsp3) is 0.500. The number of hydrogen-bond acceptors (Lipinski definition) is 3. The third-order valence-corrected chi connectivity index (χ3v) is 6.38. The summed E-state index contributed by atoms with van der Waals surface area (Å²) in [6.07, 6.45) is 8.62. The molecule has 0 spiro atoms. The molecule has 0 radical (unpaired) electrons. The van der Waals surface area contributed by atoms with Gasteiger partial charge in [-0.2, -0.15) is 0 Å². The Bertz CT molecular complexity index is 1070. The number of unbranched alkanes of at least 4 members (excludes halogenated alkanes) is 1. The maximum Gasteiger partial charge on any atom is 0.336 e. The SMILES string of the molecule is CC(=O)n1c(=O)n(C2CCN(CCCCC3=CCC(F)(F)C=C3)CC2)c2ccccc21. The van der Waals surface area contributed by atoms with Gasteiger partial charge in [0.2, 0.25) is 5.91 Å². The number of fused-ring (bicyclic) bond motifs is 1. The number of aromatic nitrogens is 2. The average molecular weight is 430 g/mol. The minimum atomic E-state index is -2.69. The van der Waals surface area contributed by atoms with Gasteiger partial charge in [-0.1, -0.05) is 29.9 Å². The third-order valence-electron chi connectivity index (χ3n) is 6.38. The Morgan fingerprint density at radius 3 is 2.48 bits per heavy atom. The van der Waals surface area contributed by atoms with Crippen LogP contribution in [0.5, 0.6) is 0 Å². The van der Waals surface area contributed by atoms with Gasteiger partial charge < -0.3 is 4.90 Å². The molecule has 7 heteroatoms. The molecule has 2 aromatic rings. The van der Waals surface area contributed by atoms with E-state index in [0.717, 1.165) is 68.9 Å². The molecule has 2 heterocycles. The Kier molecular flexibility index (Phi) is 6.23. The molecule has 0 amide bonds. The van der Waals surface area contributed by atoms with E-state index in [1.54, 1.807) is 16.7 Å². The van der Waals surface area contributed by atoms with Gasteiger partial charge in [0.25, 0.3) is 5.92 Å². The van der Waals surface area contributed by atoms with Crippen LogP contribution >= 0.6 is 0 Å². The predicted octanol–water partition coefficient (Wildman–Crippen LogP) is 4.79. The van der Waals surface area contributed by atoms with Crippen molar-refractivity contribution in [3.8, 4) is 0 Å². The molecule has 166 valence electrons.